The van der Waals surface area contributed by atoms with E-state index in [4.69, 9.17) is 5.73 Å². The zero-order chi connectivity index (χ0) is 12.9. The highest BCUT2D eigenvalue weighted by Crippen LogP contribution is 2.58. The number of hydrogen-bond acceptors (Lipinski definition) is 1. The van der Waals surface area contributed by atoms with Gasteiger partial charge >= 0.3 is 0 Å². The maximum atomic E-state index is 6.02. The lowest BCUT2D eigenvalue weighted by molar-refractivity contribution is 0.0479. The van der Waals surface area contributed by atoms with E-state index in [-0.39, 0.29) is 0 Å². The lowest BCUT2D eigenvalue weighted by atomic mass is 9.52. The first-order chi connectivity index (χ1) is 9.27. The molecule has 19 heavy (non-hydrogen) atoms. The Bertz CT molecular complexity index is 586. The molecule has 5 rings (SSSR count). The molecule has 1 aromatic carbocycles. The molecule has 0 unspecified atom stereocenters. The minimum atomic E-state index is 0.427. The smallest absolute Gasteiger partial charge is 0.0457 e. The number of rotatable bonds is 2. The normalized spacial score (nSPS) is 33.9. The van der Waals surface area contributed by atoms with E-state index in [1.165, 1.54) is 49.4 Å². The first-order valence-electron chi connectivity index (χ1n) is 7.54. The van der Waals surface area contributed by atoms with Crippen LogP contribution >= 0.6 is 0 Å². The van der Waals surface area contributed by atoms with Gasteiger partial charge in [0.05, 0.1) is 0 Å². The van der Waals surface area contributed by atoms with Crippen LogP contribution in [-0.2, 0) is 5.41 Å². The molecule has 1 aromatic heterocycles. The molecule has 2 nitrogen and oxygen atoms in total. The Morgan fingerprint density at radius 2 is 1.68 bits per heavy atom. The average Bonchev–Trinajstić information content (AvgIpc) is 2.94. The van der Waals surface area contributed by atoms with Crippen LogP contribution in [0.2, 0.25) is 0 Å². The molecule has 0 saturated heterocycles. The van der Waals surface area contributed by atoms with Gasteiger partial charge in [0.25, 0.3) is 0 Å². The van der Waals surface area contributed by atoms with E-state index in [1.807, 2.05) is 0 Å². The van der Waals surface area contributed by atoms with E-state index in [0.717, 1.165) is 6.54 Å². The Morgan fingerprint density at radius 3 is 2.37 bits per heavy atom. The number of benzene rings is 1. The lowest BCUT2D eigenvalue weighted by Gasteiger charge is -2.53. The maximum Gasteiger partial charge on any atom is 0.0457 e. The van der Waals surface area contributed by atoms with E-state index >= 15 is 0 Å². The number of fused-ring (bicyclic) bond motifs is 4. The van der Waals surface area contributed by atoms with Gasteiger partial charge in [0.1, 0.15) is 0 Å². The average molecular weight is 254 g/mol. The third kappa shape index (κ3) is 1.53. The summed E-state index contributed by atoms with van der Waals surface area (Å²) in [4.78, 5) is 3.46. The van der Waals surface area contributed by atoms with Crippen LogP contribution in [0.1, 0.15) is 44.1 Å². The van der Waals surface area contributed by atoms with Gasteiger partial charge in [0, 0.05) is 17.1 Å². The largest absolute Gasteiger partial charge is 0.361 e. The summed E-state index contributed by atoms with van der Waals surface area (Å²) >= 11 is 0. The van der Waals surface area contributed by atoms with Crippen LogP contribution in [0.15, 0.2) is 30.5 Å². The second-order valence-electron chi connectivity index (χ2n) is 6.73. The molecule has 3 fully saturated rings. The van der Waals surface area contributed by atoms with Gasteiger partial charge in [-0.05, 0) is 67.5 Å². The predicted molar refractivity (Wildman–Crippen MR) is 79.2 cm³/mol. The van der Waals surface area contributed by atoms with Crippen molar-refractivity contribution in [1.29, 1.82) is 0 Å². The SMILES string of the molecule is NCC12CCC(c3c[nH]c4ccccc34)(CC1)CC2. The quantitative estimate of drug-likeness (QED) is 0.842. The second-order valence-corrected chi connectivity index (χ2v) is 6.73. The number of nitrogens with two attached hydrogens (primary N) is 1. The molecule has 3 saturated carbocycles. The van der Waals surface area contributed by atoms with Crippen molar-refractivity contribution in [2.75, 3.05) is 6.54 Å². The number of para-hydroxylation sites is 1. The minimum Gasteiger partial charge on any atom is -0.361 e. The van der Waals surface area contributed by atoms with Crippen LogP contribution in [0.4, 0.5) is 0 Å². The molecule has 0 radical (unpaired) electrons. The molecule has 0 aliphatic heterocycles. The molecule has 3 aliphatic rings. The van der Waals surface area contributed by atoms with Crippen molar-refractivity contribution >= 4 is 10.9 Å². The van der Waals surface area contributed by atoms with Gasteiger partial charge in [-0.25, -0.2) is 0 Å². The monoisotopic (exact) mass is 254 g/mol. The number of aromatic nitrogens is 1. The molecule has 0 atom stereocenters. The molecule has 3 N–H and O–H groups in total. The molecule has 1 heterocycles. The van der Waals surface area contributed by atoms with E-state index in [9.17, 15) is 0 Å². The highest BCUT2D eigenvalue weighted by Gasteiger charge is 2.49. The van der Waals surface area contributed by atoms with Crippen LogP contribution in [0.5, 0.6) is 0 Å². The molecular formula is C17H22N2. The number of H-pyrrole nitrogens is 1. The number of nitrogens with one attached hydrogen (secondary N) is 1. The van der Waals surface area contributed by atoms with E-state index in [2.05, 4.69) is 35.4 Å². The first-order valence-corrected chi connectivity index (χ1v) is 7.54. The fourth-order valence-electron chi connectivity index (χ4n) is 4.48. The standard InChI is InChI=1S/C17H22N2/c18-12-16-5-8-17(9-6-16,10-7-16)14-11-19-15-4-2-1-3-13(14)15/h1-4,11,19H,5-10,12,18H2. The van der Waals surface area contributed by atoms with E-state index in [1.54, 1.807) is 5.56 Å². The summed E-state index contributed by atoms with van der Waals surface area (Å²) in [6.45, 7) is 0.886. The molecule has 100 valence electrons. The fourth-order valence-corrected chi connectivity index (χ4v) is 4.48. The summed E-state index contributed by atoms with van der Waals surface area (Å²) in [5, 5.41) is 1.43. The topological polar surface area (TPSA) is 41.8 Å². The molecule has 0 spiro atoms. The Morgan fingerprint density at radius 1 is 1.00 bits per heavy atom. The second kappa shape index (κ2) is 3.86. The van der Waals surface area contributed by atoms with Gasteiger partial charge in [0.2, 0.25) is 0 Å². The molecule has 2 heteroatoms. The van der Waals surface area contributed by atoms with Crippen molar-refractivity contribution in [2.45, 2.75) is 43.9 Å². The summed E-state index contributed by atoms with van der Waals surface area (Å²) in [6.07, 6.45) is 10.2. The van der Waals surface area contributed by atoms with E-state index in [0.29, 0.717) is 10.8 Å². The third-order valence-corrected chi connectivity index (χ3v) is 6.00. The Hall–Kier alpha value is -1.28. The number of aromatic amines is 1. The van der Waals surface area contributed by atoms with Gasteiger partial charge in [-0.3, -0.25) is 0 Å². The van der Waals surface area contributed by atoms with Gasteiger partial charge in [-0.2, -0.15) is 0 Å². The number of hydrogen-bond donors (Lipinski definition) is 2. The van der Waals surface area contributed by atoms with Crippen LogP contribution < -0.4 is 5.73 Å². The van der Waals surface area contributed by atoms with Crippen LogP contribution in [0.25, 0.3) is 10.9 Å². The summed E-state index contributed by atoms with van der Waals surface area (Å²) in [7, 11) is 0. The van der Waals surface area contributed by atoms with Crippen LogP contribution in [0.3, 0.4) is 0 Å². The Labute approximate surface area is 114 Å². The first kappa shape index (κ1) is 11.5. The summed E-state index contributed by atoms with van der Waals surface area (Å²) < 4.78 is 0. The summed E-state index contributed by atoms with van der Waals surface area (Å²) in [6, 6.07) is 8.73. The zero-order valence-electron chi connectivity index (χ0n) is 11.4. The van der Waals surface area contributed by atoms with Gasteiger partial charge in [-0.15, -0.1) is 0 Å². The van der Waals surface area contributed by atoms with Crippen molar-refractivity contribution in [3.05, 3.63) is 36.0 Å². The molecular weight excluding hydrogens is 232 g/mol. The summed E-state index contributed by atoms with van der Waals surface area (Å²) in [5.74, 6) is 0. The lowest BCUT2D eigenvalue weighted by Crippen LogP contribution is -2.47. The molecule has 0 amide bonds. The van der Waals surface area contributed by atoms with Crippen molar-refractivity contribution < 1.29 is 0 Å². The predicted octanol–water partition coefficient (Wildman–Crippen LogP) is 3.72. The van der Waals surface area contributed by atoms with Crippen molar-refractivity contribution in [2.24, 2.45) is 11.1 Å². The Kier molecular flexibility index (Phi) is 2.34. The summed E-state index contributed by atoms with van der Waals surface area (Å²) in [5.41, 5.74) is 9.78. The van der Waals surface area contributed by atoms with Crippen molar-refractivity contribution in [3.8, 4) is 0 Å². The molecule has 2 aromatic rings. The molecule has 2 bridgehead atoms. The third-order valence-electron chi connectivity index (χ3n) is 6.00. The minimum absolute atomic E-state index is 0.427. The van der Waals surface area contributed by atoms with Gasteiger partial charge in [0.15, 0.2) is 0 Å². The van der Waals surface area contributed by atoms with Gasteiger partial charge < -0.3 is 10.7 Å². The van der Waals surface area contributed by atoms with Crippen LogP contribution in [0, 0.1) is 5.41 Å². The maximum absolute atomic E-state index is 6.02. The van der Waals surface area contributed by atoms with Crippen molar-refractivity contribution in [1.82, 2.24) is 4.98 Å². The fraction of sp³-hybridized carbons (Fsp3) is 0.529. The highest BCUT2D eigenvalue weighted by atomic mass is 14.7. The van der Waals surface area contributed by atoms with Crippen molar-refractivity contribution in [3.63, 3.8) is 0 Å². The van der Waals surface area contributed by atoms with E-state index < -0.39 is 0 Å². The highest BCUT2D eigenvalue weighted by molar-refractivity contribution is 5.84. The van der Waals surface area contributed by atoms with Gasteiger partial charge in [-0.1, -0.05) is 18.2 Å². The molecule has 3 aliphatic carbocycles. The zero-order valence-corrected chi connectivity index (χ0v) is 11.4. The van der Waals surface area contributed by atoms with Crippen LogP contribution in [-0.4, -0.2) is 11.5 Å². The Balaban J connectivity index is 1.77.